The quantitative estimate of drug-likeness (QED) is 0.406. The van der Waals surface area contributed by atoms with Crippen molar-refractivity contribution in [2.75, 3.05) is 26.2 Å². The molecular formula is C10H22N2S4Te. The molecule has 7 heteroatoms. The molecule has 0 aliphatic carbocycles. The Hall–Kier alpha value is 1.27. The van der Waals surface area contributed by atoms with Crippen LogP contribution in [-0.2, 0) is 0 Å². The predicted octanol–water partition coefficient (Wildman–Crippen LogP) is 2.71. The predicted molar refractivity (Wildman–Crippen MR) is 94.8 cm³/mol. The van der Waals surface area contributed by atoms with Gasteiger partial charge < -0.3 is 9.80 Å². The van der Waals surface area contributed by atoms with Crippen LogP contribution in [0.25, 0.3) is 0 Å². The molecule has 0 aromatic heterocycles. The first-order valence-corrected chi connectivity index (χ1v) is 7.11. The molecule has 0 aromatic carbocycles. The second kappa shape index (κ2) is 15.3. The molecule has 0 amide bonds. The Kier molecular flexibility index (Phi) is 21.1. The number of hydrogen-bond acceptors (Lipinski definition) is 2. The van der Waals surface area contributed by atoms with Crippen LogP contribution in [0.4, 0.5) is 0 Å². The van der Waals surface area contributed by atoms with E-state index in [0.717, 1.165) is 26.2 Å². The smallest absolute Gasteiger partial charge is 0.133 e. The van der Waals surface area contributed by atoms with Crippen LogP contribution in [0.2, 0.25) is 0 Å². The van der Waals surface area contributed by atoms with E-state index in [1.807, 2.05) is 9.80 Å². The van der Waals surface area contributed by atoms with Gasteiger partial charge in [0.2, 0.25) is 0 Å². The van der Waals surface area contributed by atoms with Crippen molar-refractivity contribution in [2.24, 2.45) is 0 Å². The maximum absolute atomic E-state index is 4.81. The minimum Gasteiger partial charge on any atom is -0.358 e. The summed E-state index contributed by atoms with van der Waals surface area (Å²) >= 11 is 17.6. The Morgan fingerprint density at radius 3 is 0.941 bits per heavy atom. The molecule has 0 fully saturated rings. The van der Waals surface area contributed by atoms with Gasteiger partial charge in [-0.25, -0.2) is 0 Å². The van der Waals surface area contributed by atoms with E-state index in [1.165, 1.54) is 0 Å². The summed E-state index contributed by atoms with van der Waals surface area (Å²) in [6.07, 6.45) is 0. The Bertz CT molecular complexity index is 184. The van der Waals surface area contributed by atoms with E-state index in [2.05, 4.69) is 53.0 Å². The van der Waals surface area contributed by atoms with E-state index in [-0.39, 0.29) is 23.7 Å². The van der Waals surface area contributed by atoms with Crippen LogP contribution in [-0.4, -0.2) is 68.3 Å². The fraction of sp³-hybridized carbons (Fsp3) is 0.800. The van der Waals surface area contributed by atoms with Gasteiger partial charge in [0.05, 0.1) is 0 Å². The van der Waals surface area contributed by atoms with E-state index in [4.69, 9.17) is 24.4 Å². The third kappa shape index (κ3) is 13.5. The maximum Gasteiger partial charge on any atom is 0.133 e. The van der Waals surface area contributed by atoms with Crippen molar-refractivity contribution in [1.29, 1.82) is 0 Å². The van der Waals surface area contributed by atoms with Crippen molar-refractivity contribution in [3.05, 3.63) is 0 Å². The number of thiocarbonyl (C=S) groups is 2. The molecule has 0 heterocycles. The Balaban J connectivity index is -0.000000218. The molecule has 2 radical (unpaired) electrons. The van der Waals surface area contributed by atoms with Gasteiger partial charge in [0.25, 0.3) is 0 Å². The SMILES string of the molecule is CCN(CC)C(=S)S.CCN(CC)C(=S)S.[Te]. The first kappa shape index (κ1) is 23.4. The molecule has 0 bridgehead atoms. The molecule has 0 rings (SSSR count). The summed E-state index contributed by atoms with van der Waals surface area (Å²) in [5, 5.41) is 0. The molecule has 0 aliphatic rings. The molecule has 0 aromatic rings. The monoisotopic (exact) mass is 428 g/mol. The normalized spacial score (nSPS) is 8.35. The number of thiol groups is 2. The van der Waals surface area contributed by atoms with Crippen molar-refractivity contribution in [1.82, 2.24) is 9.80 Å². The third-order valence-electron chi connectivity index (χ3n) is 2.07. The van der Waals surface area contributed by atoms with Crippen molar-refractivity contribution < 1.29 is 0 Å². The zero-order valence-electron chi connectivity index (χ0n) is 10.8. The standard InChI is InChI=1S/2C5H11NS2.Te/c2*1-3-6(4-2)5(7)8;/h2*3-4H2,1-2H3,(H,7,8);. The molecule has 0 saturated heterocycles. The van der Waals surface area contributed by atoms with Gasteiger partial charge in [0.15, 0.2) is 0 Å². The van der Waals surface area contributed by atoms with Crippen LogP contribution in [0.15, 0.2) is 0 Å². The Labute approximate surface area is 144 Å². The largest absolute Gasteiger partial charge is 0.358 e. The molecular weight excluding hydrogens is 404 g/mol. The molecule has 0 saturated carbocycles. The zero-order valence-corrected chi connectivity index (χ0v) is 16.6. The average Bonchev–Trinajstić information content (AvgIpc) is 2.21. The Morgan fingerprint density at radius 1 is 0.765 bits per heavy atom. The van der Waals surface area contributed by atoms with Gasteiger partial charge in [0, 0.05) is 49.8 Å². The third-order valence-corrected chi connectivity index (χ3v) is 3.15. The zero-order chi connectivity index (χ0) is 13.1. The van der Waals surface area contributed by atoms with Crippen molar-refractivity contribution in [3.63, 3.8) is 0 Å². The van der Waals surface area contributed by atoms with E-state index < -0.39 is 0 Å². The summed E-state index contributed by atoms with van der Waals surface area (Å²) in [6.45, 7) is 12.1. The van der Waals surface area contributed by atoms with Crippen molar-refractivity contribution in [3.8, 4) is 0 Å². The second-order valence-electron chi connectivity index (χ2n) is 2.91. The minimum atomic E-state index is 0. The molecule has 2 nitrogen and oxygen atoms in total. The van der Waals surface area contributed by atoms with Crippen LogP contribution in [0.1, 0.15) is 27.7 Å². The van der Waals surface area contributed by atoms with Gasteiger partial charge in [-0.1, -0.05) is 24.4 Å². The average molecular weight is 426 g/mol. The molecule has 102 valence electrons. The topological polar surface area (TPSA) is 6.48 Å². The summed E-state index contributed by atoms with van der Waals surface area (Å²) in [7, 11) is 0. The van der Waals surface area contributed by atoms with Crippen LogP contribution < -0.4 is 0 Å². The molecule has 0 aliphatic heterocycles. The number of hydrogen-bond donors (Lipinski definition) is 2. The summed E-state index contributed by atoms with van der Waals surface area (Å²) in [5.41, 5.74) is 0. The molecule has 0 spiro atoms. The summed E-state index contributed by atoms with van der Waals surface area (Å²) in [5.74, 6) is 0. The van der Waals surface area contributed by atoms with Crippen LogP contribution in [0.3, 0.4) is 0 Å². The number of rotatable bonds is 4. The fourth-order valence-electron chi connectivity index (χ4n) is 0.988. The van der Waals surface area contributed by atoms with E-state index >= 15 is 0 Å². The van der Waals surface area contributed by atoms with Crippen LogP contribution in [0, 0.1) is 0 Å². The molecule has 17 heavy (non-hydrogen) atoms. The molecule has 0 N–H and O–H groups in total. The van der Waals surface area contributed by atoms with Gasteiger partial charge in [-0.3, -0.25) is 0 Å². The maximum atomic E-state index is 4.81. The van der Waals surface area contributed by atoms with Crippen LogP contribution in [0.5, 0.6) is 0 Å². The van der Waals surface area contributed by atoms with Crippen molar-refractivity contribution in [2.45, 2.75) is 27.7 Å². The summed E-state index contributed by atoms with van der Waals surface area (Å²) in [4.78, 5) is 4.02. The first-order valence-electron chi connectivity index (χ1n) is 5.40. The fourth-order valence-corrected chi connectivity index (χ4v) is 2.07. The molecule has 0 unspecified atom stereocenters. The summed E-state index contributed by atoms with van der Waals surface area (Å²) in [6, 6.07) is 0. The number of nitrogens with zero attached hydrogens (tertiary/aromatic N) is 2. The van der Waals surface area contributed by atoms with E-state index in [9.17, 15) is 0 Å². The van der Waals surface area contributed by atoms with Gasteiger partial charge in [0.1, 0.15) is 8.64 Å². The van der Waals surface area contributed by atoms with Crippen LogP contribution >= 0.6 is 49.7 Å². The van der Waals surface area contributed by atoms with Gasteiger partial charge in [-0.2, -0.15) is 0 Å². The van der Waals surface area contributed by atoms with Gasteiger partial charge in [-0.05, 0) is 27.7 Å². The summed E-state index contributed by atoms with van der Waals surface area (Å²) < 4.78 is 1.38. The molecule has 0 atom stereocenters. The Morgan fingerprint density at radius 2 is 0.941 bits per heavy atom. The minimum absolute atomic E-state index is 0. The van der Waals surface area contributed by atoms with E-state index in [0.29, 0.717) is 8.64 Å². The first-order chi connectivity index (χ1) is 7.44. The van der Waals surface area contributed by atoms with E-state index in [1.54, 1.807) is 0 Å². The van der Waals surface area contributed by atoms with Gasteiger partial charge in [-0.15, -0.1) is 25.3 Å². The van der Waals surface area contributed by atoms with Crippen molar-refractivity contribution >= 4 is 82.0 Å². The van der Waals surface area contributed by atoms with Gasteiger partial charge >= 0.3 is 0 Å². The second-order valence-corrected chi connectivity index (χ2v) is 5.14.